The molecule has 4 rings (SSSR count). The molecule has 0 N–H and O–H groups in total. The van der Waals surface area contributed by atoms with E-state index in [1.807, 2.05) is 78.2 Å². The standard InChI is InChI=1S/C21H15N3OS/c25-20-18(13-7-10-16-8-3-1-4-9-16)23-19(17-11-5-2-6-12-17)24(20)21-22-14-15-26-21/h1-15H. The fourth-order valence-electron chi connectivity index (χ4n) is 2.63. The van der Waals surface area contributed by atoms with E-state index in [2.05, 4.69) is 9.98 Å². The highest BCUT2D eigenvalue weighted by atomic mass is 32.1. The van der Waals surface area contributed by atoms with Crippen molar-refractivity contribution in [2.75, 3.05) is 4.90 Å². The van der Waals surface area contributed by atoms with E-state index in [1.165, 1.54) is 11.3 Å². The number of aromatic nitrogens is 1. The van der Waals surface area contributed by atoms with Crippen molar-refractivity contribution in [2.24, 2.45) is 4.99 Å². The maximum absolute atomic E-state index is 12.9. The van der Waals surface area contributed by atoms with Crippen molar-refractivity contribution in [3.63, 3.8) is 0 Å². The molecule has 0 fully saturated rings. The first-order chi connectivity index (χ1) is 12.8. The maximum atomic E-state index is 12.9. The van der Waals surface area contributed by atoms with E-state index >= 15 is 0 Å². The molecular formula is C21H15N3OS. The topological polar surface area (TPSA) is 45.6 Å². The second-order valence-corrected chi connectivity index (χ2v) is 6.45. The zero-order chi connectivity index (χ0) is 17.8. The molecule has 1 aliphatic rings. The van der Waals surface area contributed by atoms with Gasteiger partial charge in [0.1, 0.15) is 11.5 Å². The third-order valence-electron chi connectivity index (χ3n) is 3.85. The number of nitrogens with zero attached hydrogens (tertiary/aromatic N) is 3. The number of thiazole rings is 1. The quantitative estimate of drug-likeness (QED) is 0.644. The van der Waals surface area contributed by atoms with Crippen LogP contribution in [0.2, 0.25) is 0 Å². The number of amides is 1. The Kier molecular flexibility index (Phi) is 4.53. The lowest BCUT2D eigenvalue weighted by Crippen LogP contribution is -2.32. The Balaban J connectivity index is 1.70. The van der Waals surface area contributed by atoms with E-state index in [9.17, 15) is 4.79 Å². The van der Waals surface area contributed by atoms with Gasteiger partial charge in [0.2, 0.25) is 0 Å². The second kappa shape index (κ2) is 7.29. The van der Waals surface area contributed by atoms with Gasteiger partial charge in [0, 0.05) is 17.1 Å². The Morgan fingerprint density at radius 3 is 2.38 bits per heavy atom. The van der Waals surface area contributed by atoms with Gasteiger partial charge in [-0.05, 0) is 11.6 Å². The number of anilines is 1. The first-order valence-electron chi connectivity index (χ1n) is 8.14. The van der Waals surface area contributed by atoms with Crippen molar-refractivity contribution in [3.05, 3.63) is 101 Å². The summed E-state index contributed by atoms with van der Waals surface area (Å²) in [5, 5.41) is 2.47. The Labute approximate surface area is 155 Å². The van der Waals surface area contributed by atoms with Gasteiger partial charge in [-0.3, -0.25) is 4.79 Å². The van der Waals surface area contributed by atoms with Crippen LogP contribution in [0.3, 0.4) is 0 Å². The van der Waals surface area contributed by atoms with Crippen molar-refractivity contribution in [2.45, 2.75) is 0 Å². The lowest BCUT2D eigenvalue weighted by atomic mass is 10.2. The molecule has 1 amide bonds. The van der Waals surface area contributed by atoms with Crippen LogP contribution in [0, 0.1) is 0 Å². The molecule has 1 aromatic heterocycles. The molecule has 0 unspecified atom stereocenters. The van der Waals surface area contributed by atoms with Gasteiger partial charge in [-0.25, -0.2) is 14.9 Å². The Hall–Kier alpha value is -3.31. The number of hydrogen-bond donors (Lipinski definition) is 0. The fraction of sp³-hybridized carbons (Fsp3) is 0. The molecule has 0 radical (unpaired) electrons. The number of benzene rings is 2. The van der Waals surface area contributed by atoms with Crippen molar-refractivity contribution in [1.29, 1.82) is 0 Å². The molecule has 5 heteroatoms. The van der Waals surface area contributed by atoms with Gasteiger partial charge in [0.05, 0.1) is 0 Å². The summed E-state index contributed by atoms with van der Waals surface area (Å²) < 4.78 is 0. The van der Waals surface area contributed by atoms with Crippen molar-refractivity contribution >= 4 is 34.3 Å². The number of carbonyl (C=O) groups excluding carboxylic acids is 1. The monoisotopic (exact) mass is 357 g/mol. The van der Waals surface area contributed by atoms with E-state index in [-0.39, 0.29) is 5.91 Å². The molecule has 0 saturated heterocycles. The van der Waals surface area contributed by atoms with Crippen LogP contribution in [-0.2, 0) is 4.79 Å². The first kappa shape index (κ1) is 16.2. The maximum Gasteiger partial charge on any atom is 0.284 e. The van der Waals surface area contributed by atoms with Gasteiger partial charge >= 0.3 is 0 Å². The molecule has 0 spiro atoms. The highest BCUT2D eigenvalue weighted by molar-refractivity contribution is 7.14. The van der Waals surface area contributed by atoms with Crippen molar-refractivity contribution < 1.29 is 4.79 Å². The average Bonchev–Trinajstić information content (AvgIpc) is 3.32. The van der Waals surface area contributed by atoms with Crippen LogP contribution in [0.1, 0.15) is 11.1 Å². The minimum absolute atomic E-state index is 0.170. The Morgan fingerprint density at radius 1 is 0.962 bits per heavy atom. The van der Waals surface area contributed by atoms with Gasteiger partial charge in [-0.15, -0.1) is 11.3 Å². The molecule has 4 nitrogen and oxygen atoms in total. The summed E-state index contributed by atoms with van der Waals surface area (Å²) in [5.41, 5.74) is 2.34. The summed E-state index contributed by atoms with van der Waals surface area (Å²) in [6.45, 7) is 0. The highest BCUT2D eigenvalue weighted by Crippen LogP contribution is 2.28. The average molecular weight is 357 g/mol. The third-order valence-corrected chi connectivity index (χ3v) is 4.60. The lowest BCUT2D eigenvalue weighted by molar-refractivity contribution is -0.113. The summed E-state index contributed by atoms with van der Waals surface area (Å²) in [6.07, 6.45) is 7.23. The first-order valence-corrected chi connectivity index (χ1v) is 9.02. The van der Waals surface area contributed by atoms with Crippen LogP contribution in [0.15, 0.2) is 95.1 Å². The summed E-state index contributed by atoms with van der Waals surface area (Å²) in [6, 6.07) is 19.6. The molecule has 0 atom stereocenters. The van der Waals surface area contributed by atoms with Gasteiger partial charge < -0.3 is 0 Å². The van der Waals surface area contributed by atoms with E-state index < -0.39 is 0 Å². The van der Waals surface area contributed by atoms with Crippen LogP contribution < -0.4 is 4.90 Å². The molecule has 26 heavy (non-hydrogen) atoms. The van der Waals surface area contributed by atoms with Crippen LogP contribution in [-0.4, -0.2) is 16.7 Å². The molecular weight excluding hydrogens is 342 g/mol. The lowest BCUT2D eigenvalue weighted by Gasteiger charge is -2.14. The molecule has 0 aliphatic carbocycles. The van der Waals surface area contributed by atoms with Crippen molar-refractivity contribution in [1.82, 2.24) is 4.98 Å². The smallest absolute Gasteiger partial charge is 0.266 e. The molecule has 2 heterocycles. The summed E-state index contributed by atoms with van der Waals surface area (Å²) >= 11 is 1.41. The number of amidine groups is 1. The normalized spacial score (nSPS) is 15.8. The van der Waals surface area contributed by atoms with Crippen LogP contribution in [0.25, 0.3) is 6.08 Å². The predicted molar refractivity (Wildman–Crippen MR) is 106 cm³/mol. The van der Waals surface area contributed by atoms with Crippen molar-refractivity contribution in [3.8, 4) is 0 Å². The molecule has 126 valence electrons. The Bertz CT molecular complexity index is 990. The van der Waals surface area contributed by atoms with Gasteiger partial charge in [0.15, 0.2) is 5.13 Å². The summed E-state index contributed by atoms with van der Waals surface area (Å²) in [7, 11) is 0. The number of carbonyl (C=O) groups is 1. The van der Waals surface area contributed by atoms with E-state index in [4.69, 9.17) is 0 Å². The molecule has 3 aromatic rings. The van der Waals surface area contributed by atoms with Gasteiger partial charge in [-0.1, -0.05) is 72.8 Å². The van der Waals surface area contributed by atoms with Crippen LogP contribution >= 0.6 is 11.3 Å². The number of hydrogen-bond acceptors (Lipinski definition) is 4. The molecule has 0 bridgehead atoms. The number of aliphatic imine (C=N–C) groups is 1. The SMILES string of the molecule is O=C1C(=CC=Cc2ccccc2)N=C(c2ccccc2)N1c1nccs1. The Morgan fingerprint density at radius 2 is 1.69 bits per heavy atom. The third kappa shape index (κ3) is 3.25. The molecule has 1 aliphatic heterocycles. The van der Waals surface area contributed by atoms with Crippen LogP contribution in [0.4, 0.5) is 5.13 Å². The van der Waals surface area contributed by atoms with E-state index in [1.54, 1.807) is 17.2 Å². The van der Waals surface area contributed by atoms with Gasteiger partial charge in [0.25, 0.3) is 5.91 Å². The minimum atomic E-state index is -0.170. The van der Waals surface area contributed by atoms with Crippen LogP contribution in [0.5, 0.6) is 0 Å². The highest BCUT2D eigenvalue weighted by Gasteiger charge is 2.33. The zero-order valence-electron chi connectivity index (χ0n) is 13.8. The number of allylic oxidation sites excluding steroid dienone is 2. The van der Waals surface area contributed by atoms with E-state index in [0.717, 1.165) is 11.1 Å². The minimum Gasteiger partial charge on any atom is -0.266 e. The zero-order valence-corrected chi connectivity index (χ0v) is 14.6. The summed E-state index contributed by atoms with van der Waals surface area (Å²) in [5.74, 6) is 0.432. The van der Waals surface area contributed by atoms with E-state index in [0.29, 0.717) is 16.7 Å². The van der Waals surface area contributed by atoms with Gasteiger partial charge in [-0.2, -0.15) is 0 Å². The molecule has 0 saturated carbocycles. The largest absolute Gasteiger partial charge is 0.284 e. The number of rotatable bonds is 4. The molecule has 2 aromatic carbocycles. The predicted octanol–water partition coefficient (Wildman–Crippen LogP) is 4.53. The fourth-order valence-corrected chi connectivity index (χ4v) is 3.27. The second-order valence-electron chi connectivity index (χ2n) is 5.58. The summed E-state index contributed by atoms with van der Waals surface area (Å²) in [4.78, 5) is 23.3.